The summed E-state index contributed by atoms with van der Waals surface area (Å²) in [5, 5.41) is 1.29. The lowest BCUT2D eigenvalue weighted by Crippen LogP contribution is -2.30. The monoisotopic (exact) mass is 355 g/mol. The summed E-state index contributed by atoms with van der Waals surface area (Å²) in [6, 6.07) is 13.4. The third-order valence-electron chi connectivity index (χ3n) is 4.67. The normalized spacial score (nSPS) is 17.2. The first-order valence-electron chi connectivity index (χ1n) is 8.26. The number of halogens is 1. The Kier molecular flexibility index (Phi) is 4.09. The van der Waals surface area contributed by atoms with Crippen molar-refractivity contribution >= 4 is 28.5 Å². The minimum atomic E-state index is -0.0144. The van der Waals surface area contributed by atoms with Gasteiger partial charge in [-0.05, 0) is 48.7 Å². The molecular formula is C19H18ClN3O2. The zero-order valence-electron chi connectivity index (χ0n) is 13.8. The largest absolute Gasteiger partial charge is 0.497 e. The molecule has 1 aliphatic rings. The third-order valence-corrected chi connectivity index (χ3v) is 4.88. The summed E-state index contributed by atoms with van der Waals surface area (Å²) in [6.45, 7) is 0.740. The van der Waals surface area contributed by atoms with Gasteiger partial charge >= 0.3 is 0 Å². The maximum atomic E-state index is 13.0. The summed E-state index contributed by atoms with van der Waals surface area (Å²) in [6.07, 6.45) is 1.93. The SMILES string of the molecule is COc1cccc([C@H]2CCCN2C(=O)c2cc3ccc(Cl)nc3[nH]2)c1. The van der Waals surface area contributed by atoms with E-state index in [0.29, 0.717) is 16.5 Å². The summed E-state index contributed by atoms with van der Waals surface area (Å²) in [5.41, 5.74) is 2.27. The number of hydrogen-bond acceptors (Lipinski definition) is 3. The van der Waals surface area contributed by atoms with Crippen molar-refractivity contribution in [2.24, 2.45) is 0 Å². The van der Waals surface area contributed by atoms with E-state index in [1.807, 2.05) is 41.3 Å². The minimum Gasteiger partial charge on any atom is -0.497 e. The number of nitrogens with zero attached hydrogens (tertiary/aromatic N) is 2. The summed E-state index contributed by atoms with van der Waals surface area (Å²) in [5.74, 6) is 0.792. The Labute approximate surface area is 150 Å². The number of fused-ring (bicyclic) bond motifs is 1. The Hall–Kier alpha value is -2.53. The molecule has 0 unspecified atom stereocenters. The van der Waals surface area contributed by atoms with Crippen LogP contribution in [0.5, 0.6) is 5.75 Å². The van der Waals surface area contributed by atoms with Crippen LogP contribution in [0.15, 0.2) is 42.5 Å². The molecule has 3 aromatic rings. The number of hydrogen-bond donors (Lipinski definition) is 1. The Bertz CT molecular complexity index is 937. The van der Waals surface area contributed by atoms with E-state index in [1.165, 1.54) is 0 Å². The quantitative estimate of drug-likeness (QED) is 0.716. The second-order valence-electron chi connectivity index (χ2n) is 6.19. The molecule has 3 heterocycles. The zero-order chi connectivity index (χ0) is 17.4. The smallest absolute Gasteiger partial charge is 0.270 e. The number of rotatable bonds is 3. The van der Waals surface area contributed by atoms with Crippen LogP contribution in [0, 0.1) is 0 Å². The fourth-order valence-corrected chi connectivity index (χ4v) is 3.60. The number of H-pyrrole nitrogens is 1. The highest BCUT2D eigenvalue weighted by Gasteiger charge is 2.31. The molecule has 0 aliphatic carbocycles. The number of nitrogens with one attached hydrogen (secondary N) is 1. The summed E-state index contributed by atoms with van der Waals surface area (Å²) < 4.78 is 5.32. The van der Waals surface area contributed by atoms with Crippen LogP contribution in [0.1, 0.15) is 34.9 Å². The van der Waals surface area contributed by atoms with Gasteiger partial charge in [-0.15, -0.1) is 0 Å². The average molecular weight is 356 g/mol. The topological polar surface area (TPSA) is 58.2 Å². The molecule has 6 heteroatoms. The van der Waals surface area contributed by atoms with Crippen molar-refractivity contribution in [3.8, 4) is 5.75 Å². The molecule has 0 radical (unpaired) electrons. The Balaban J connectivity index is 1.65. The summed E-state index contributed by atoms with van der Waals surface area (Å²) in [7, 11) is 1.65. The van der Waals surface area contributed by atoms with Gasteiger partial charge in [0.25, 0.3) is 5.91 Å². The number of methoxy groups -OCH3 is 1. The molecule has 1 N–H and O–H groups in total. The lowest BCUT2D eigenvalue weighted by molar-refractivity contribution is 0.0730. The fourth-order valence-electron chi connectivity index (χ4n) is 3.46. The molecule has 0 saturated carbocycles. The van der Waals surface area contributed by atoms with E-state index in [4.69, 9.17) is 16.3 Å². The van der Waals surface area contributed by atoms with E-state index < -0.39 is 0 Å². The molecule has 1 amide bonds. The molecule has 1 aromatic carbocycles. The van der Waals surface area contributed by atoms with Crippen LogP contribution in [0.25, 0.3) is 11.0 Å². The zero-order valence-corrected chi connectivity index (χ0v) is 14.6. The van der Waals surface area contributed by atoms with Gasteiger partial charge < -0.3 is 14.6 Å². The van der Waals surface area contributed by atoms with E-state index in [-0.39, 0.29) is 11.9 Å². The van der Waals surface area contributed by atoms with Gasteiger partial charge in [-0.25, -0.2) is 4.98 Å². The maximum absolute atomic E-state index is 13.0. The van der Waals surface area contributed by atoms with Gasteiger partial charge in [0.05, 0.1) is 13.2 Å². The first-order chi connectivity index (χ1) is 12.2. The number of pyridine rings is 1. The van der Waals surface area contributed by atoms with Crippen LogP contribution in [-0.4, -0.2) is 34.4 Å². The van der Waals surface area contributed by atoms with Gasteiger partial charge in [0.1, 0.15) is 22.2 Å². The van der Waals surface area contributed by atoms with Crippen molar-refractivity contribution in [2.75, 3.05) is 13.7 Å². The average Bonchev–Trinajstić information content (AvgIpc) is 3.27. The number of amides is 1. The summed E-state index contributed by atoms with van der Waals surface area (Å²) >= 11 is 5.93. The number of aromatic nitrogens is 2. The Morgan fingerprint density at radius 3 is 3.04 bits per heavy atom. The number of carbonyl (C=O) groups excluding carboxylic acids is 1. The van der Waals surface area contributed by atoms with Gasteiger partial charge in [-0.2, -0.15) is 0 Å². The molecule has 1 atom stereocenters. The van der Waals surface area contributed by atoms with Crippen molar-refractivity contribution < 1.29 is 9.53 Å². The predicted octanol–water partition coefficient (Wildman–Crippen LogP) is 4.20. The number of aromatic amines is 1. The second-order valence-corrected chi connectivity index (χ2v) is 6.58. The number of ether oxygens (including phenoxy) is 1. The number of carbonyl (C=O) groups is 1. The number of benzene rings is 1. The van der Waals surface area contributed by atoms with Crippen molar-refractivity contribution in [3.05, 3.63) is 58.9 Å². The second kappa shape index (κ2) is 6.41. The van der Waals surface area contributed by atoms with Gasteiger partial charge in [0.15, 0.2) is 0 Å². The minimum absolute atomic E-state index is 0.0144. The van der Waals surface area contributed by atoms with Crippen molar-refractivity contribution in [2.45, 2.75) is 18.9 Å². The van der Waals surface area contributed by atoms with E-state index in [1.54, 1.807) is 13.2 Å². The van der Waals surface area contributed by atoms with Gasteiger partial charge in [0.2, 0.25) is 0 Å². The molecule has 0 spiro atoms. The molecule has 1 saturated heterocycles. The van der Waals surface area contributed by atoms with E-state index in [2.05, 4.69) is 9.97 Å². The third kappa shape index (κ3) is 2.96. The first-order valence-corrected chi connectivity index (χ1v) is 8.64. The molecule has 1 aliphatic heterocycles. The van der Waals surface area contributed by atoms with Crippen LogP contribution in [0.4, 0.5) is 0 Å². The van der Waals surface area contributed by atoms with E-state index >= 15 is 0 Å². The highest BCUT2D eigenvalue weighted by Crippen LogP contribution is 2.34. The fraction of sp³-hybridized carbons (Fsp3) is 0.263. The lowest BCUT2D eigenvalue weighted by atomic mass is 10.0. The van der Waals surface area contributed by atoms with Crippen LogP contribution in [0.2, 0.25) is 5.15 Å². The molecule has 4 rings (SSSR count). The molecular weight excluding hydrogens is 338 g/mol. The molecule has 0 bridgehead atoms. The van der Waals surface area contributed by atoms with Gasteiger partial charge in [-0.3, -0.25) is 4.79 Å². The standard InChI is InChI=1S/C19H18ClN3O2/c1-25-14-5-2-4-12(10-14)16-6-3-9-23(16)19(24)15-11-13-7-8-17(20)22-18(13)21-15/h2,4-5,7-8,10-11,16H,3,6,9H2,1H3,(H,21,22)/t16-/m1/s1. The molecule has 25 heavy (non-hydrogen) atoms. The predicted molar refractivity (Wildman–Crippen MR) is 97.1 cm³/mol. The maximum Gasteiger partial charge on any atom is 0.270 e. The van der Waals surface area contributed by atoms with Crippen molar-refractivity contribution in [3.63, 3.8) is 0 Å². The van der Waals surface area contributed by atoms with Gasteiger partial charge in [0, 0.05) is 11.9 Å². The highest BCUT2D eigenvalue weighted by atomic mass is 35.5. The molecule has 128 valence electrons. The molecule has 1 fully saturated rings. The molecule has 5 nitrogen and oxygen atoms in total. The molecule has 2 aromatic heterocycles. The summed E-state index contributed by atoms with van der Waals surface area (Å²) in [4.78, 5) is 22.3. The Morgan fingerprint density at radius 1 is 1.32 bits per heavy atom. The van der Waals surface area contributed by atoms with Crippen molar-refractivity contribution in [1.29, 1.82) is 0 Å². The van der Waals surface area contributed by atoms with E-state index in [9.17, 15) is 4.79 Å². The van der Waals surface area contributed by atoms with Crippen LogP contribution in [-0.2, 0) is 0 Å². The van der Waals surface area contributed by atoms with Crippen LogP contribution >= 0.6 is 11.6 Å². The van der Waals surface area contributed by atoms with Gasteiger partial charge in [-0.1, -0.05) is 23.7 Å². The lowest BCUT2D eigenvalue weighted by Gasteiger charge is -2.25. The highest BCUT2D eigenvalue weighted by molar-refractivity contribution is 6.29. The van der Waals surface area contributed by atoms with Crippen LogP contribution in [0.3, 0.4) is 0 Å². The van der Waals surface area contributed by atoms with Crippen molar-refractivity contribution in [1.82, 2.24) is 14.9 Å². The first kappa shape index (κ1) is 16.0. The van der Waals surface area contributed by atoms with Crippen LogP contribution < -0.4 is 4.74 Å². The Morgan fingerprint density at radius 2 is 2.20 bits per heavy atom. The van der Waals surface area contributed by atoms with E-state index in [0.717, 1.165) is 36.1 Å². The number of likely N-dealkylation sites (tertiary alicyclic amines) is 1.